The SMILES string of the molecule is C.CCCCC1(C)C(C=O)CCC1C(C)CC1C=CC(C)(OF)C1. The van der Waals surface area contributed by atoms with Crippen LogP contribution in [0.3, 0.4) is 0 Å². The minimum absolute atomic E-state index is 0. The molecule has 0 aromatic carbocycles. The predicted molar refractivity (Wildman–Crippen MR) is 98.3 cm³/mol. The smallest absolute Gasteiger partial charge is 0.125 e. The van der Waals surface area contributed by atoms with Crippen LogP contribution in [-0.4, -0.2) is 11.9 Å². The Hall–Kier alpha value is -0.700. The molecule has 0 aromatic rings. The molecule has 0 bridgehead atoms. The number of carbonyl (C=O) groups excluding carboxylic acids is 1. The molecule has 0 amide bonds. The lowest BCUT2D eigenvalue weighted by Crippen LogP contribution is -2.34. The molecule has 2 aliphatic carbocycles. The Bertz CT molecular complexity index is 436. The van der Waals surface area contributed by atoms with E-state index in [4.69, 9.17) is 0 Å². The summed E-state index contributed by atoms with van der Waals surface area (Å²) in [5.41, 5.74) is -0.601. The maximum absolute atomic E-state index is 12.7. The van der Waals surface area contributed by atoms with Crippen molar-refractivity contribution >= 4 is 6.29 Å². The number of aldehydes is 1. The van der Waals surface area contributed by atoms with E-state index in [1.807, 2.05) is 6.08 Å². The molecule has 0 radical (unpaired) electrons. The van der Waals surface area contributed by atoms with Gasteiger partial charge < -0.3 is 4.79 Å². The van der Waals surface area contributed by atoms with Crippen molar-refractivity contribution in [2.24, 2.45) is 29.1 Å². The van der Waals surface area contributed by atoms with E-state index in [9.17, 15) is 9.32 Å². The van der Waals surface area contributed by atoms with Crippen LogP contribution < -0.4 is 0 Å². The quantitative estimate of drug-likeness (QED) is 0.382. The van der Waals surface area contributed by atoms with Crippen molar-refractivity contribution in [3.63, 3.8) is 0 Å². The third-order valence-electron chi connectivity index (χ3n) is 6.64. The van der Waals surface area contributed by atoms with Crippen LogP contribution in [0, 0.1) is 29.1 Å². The monoisotopic (exact) mass is 340 g/mol. The summed E-state index contributed by atoms with van der Waals surface area (Å²) in [5, 5.41) is 0. The van der Waals surface area contributed by atoms with Gasteiger partial charge in [-0.15, -0.1) is 0 Å². The van der Waals surface area contributed by atoms with Crippen molar-refractivity contribution < 1.29 is 14.3 Å². The predicted octanol–water partition coefficient (Wildman–Crippen LogP) is 6.31. The second-order valence-corrected chi connectivity index (χ2v) is 8.46. The average molecular weight is 341 g/mol. The molecule has 140 valence electrons. The Morgan fingerprint density at radius 2 is 2.08 bits per heavy atom. The largest absolute Gasteiger partial charge is 0.303 e. The standard InChI is InChI=1S/C20H33FO2.CH4/c1-5-6-10-20(4)17(14-22)7-8-18(20)15(2)12-16-9-11-19(3,13-16)23-21;/h9,11,14-18H,5-8,10,12-13H2,1-4H3;1H4. The van der Waals surface area contributed by atoms with Gasteiger partial charge in [-0.3, -0.25) is 0 Å². The number of allylic oxidation sites excluding steroid dienone is 1. The molecule has 0 heterocycles. The molecule has 6 atom stereocenters. The Kier molecular flexibility index (Phi) is 7.65. The van der Waals surface area contributed by atoms with Gasteiger partial charge in [0.15, 0.2) is 0 Å². The molecule has 0 N–H and O–H groups in total. The molecule has 2 nitrogen and oxygen atoms in total. The molecule has 24 heavy (non-hydrogen) atoms. The van der Waals surface area contributed by atoms with Gasteiger partial charge in [0.2, 0.25) is 0 Å². The number of halogens is 1. The molecule has 1 saturated carbocycles. The Labute approximate surface area is 148 Å². The van der Waals surface area contributed by atoms with Crippen LogP contribution in [0.1, 0.15) is 80.1 Å². The minimum atomic E-state index is -0.739. The molecule has 2 aliphatic rings. The fourth-order valence-corrected chi connectivity index (χ4v) is 5.24. The maximum atomic E-state index is 12.7. The van der Waals surface area contributed by atoms with Crippen molar-refractivity contribution in [1.29, 1.82) is 0 Å². The molecule has 2 rings (SSSR count). The first kappa shape index (κ1) is 21.3. The van der Waals surface area contributed by atoms with E-state index >= 15 is 0 Å². The van der Waals surface area contributed by atoms with Gasteiger partial charge >= 0.3 is 0 Å². The fourth-order valence-electron chi connectivity index (χ4n) is 5.24. The van der Waals surface area contributed by atoms with Crippen LogP contribution in [0.2, 0.25) is 0 Å². The van der Waals surface area contributed by atoms with Gasteiger partial charge in [-0.05, 0) is 66.7 Å². The number of hydrogen-bond acceptors (Lipinski definition) is 2. The topological polar surface area (TPSA) is 26.3 Å². The highest BCUT2D eigenvalue weighted by Gasteiger charge is 2.48. The van der Waals surface area contributed by atoms with Crippen LogP contribution in [0.5, 0.6) is 0 Å². The zero-order valence-corrected chi connectivity index (χ0v) is 15.2. The molecule has 0 aromatic heterocycles. The molecule has 6 unspecified atom stereocenters. The lowest BCUT2D eigenvalue weighted by molar-refractivity contribution is -0.210. The van der Waals surface area contributed by atoms with Gasteiger partial charge in [-0.25, -0.2) is 0 Å². The van der Waals surface area contributed by atoms with E-state index in [0.717, 1.165) is 32.1 Å². The van der Waals surface area contributed by atoms with Crippen LogP contribution in [0.4, 0.5) is 4.53 Å². The summed E-state index contributed by atoms with van der Waals surface area (Å²) in [5.74, 6) is 1.74. The van der Waals surface area contributed by atoms with Crippen molar-refractivity contribution in [1.82, 2.24) is 0 Å². The van der Waals surface area contributed by atoms with Crippen LogP contribution in [-0.2, 0) is 9.74 Å². The first-order chi connectivity index (χ1) is 10.9. The summed E-state index contributed by atoms with van der Waals surface area (Å²) < 4.78 is 12.7. The molecule has 0 saturated heterocycles. The van der Waals surface area contributed by atoms with Crippen LogP contribution in [0.15, 0.2) is 12.2 Å². The zero-order valence-electron chi connectivity index (χ0n) is 15.2. The maximum Gasteiger partial charge on any atom is 0.125 e. The number of unbranched alkanes of at least 4 members (excludes halogenated alkanes) is 1. The van der Waals surface area contributed by atoms with Gasteiger partial charge in [-0.2, -0.15) is 4.94 Å². The normalized spacial score (nSPS) is 39.6. The van der Waals surface area contributed by atoms with E-state index in [2.05, 4.69) is 31.8 Å². The van der Waals surface area contributed by atoms with Gasteiger partial charge in [0.25, 0.3) is 0 Å². The summed E-state index contributed by atoms with van der Waals surface area (Å²) in [6, 6.07) is 0. The van der Waals surface area contributed by atoms with Crippen LogP contribution >= 0.6 is 0 Å². The van der Waals surface area contributed by atoms with Crippen molar-refractivity contribution in [2.75, 3.05) is 0 Å². The van der Waals surface area contributed by atoms with Crippen molar-refractivity contribution in [3.05, 3.63) is 12.2 Å². The first-order valence-electron chi connectivity index (χ1n) is 9.33. The van der Waals surface area contributed by atoms with Gasteiger partial charge in [-0.1, -0.05) is 53.2 Å². The zero-order chi connectivity index (χ0) is 17.1. The summed E-state index contributed by atoms with van der Waals surface area (Å²) in [6.07, 6.45) is 12.7. The number of carbonyl (C=O) groups is 1. The highest BCUT2D eigenvalue weighted by atomic mass is 19.3. The Morgan fingerprint density at radius 1 is 1.38 bits per heavy atom. The summed E-state index contributed by atoms with van der Waals surface area (Å²) >= 11 is 0. The second kappa shape index (κ2) is 8.60. The van der Waals surface area contributed by atoms with Crippen molar-refractivity contribution in [3.8, 4) is 0 Å². The molecule has 0 spiro atoms. The van der Waals surface area contributed by atoms with Crippen LogP contribution in [0.25, 0.3) is 0 Å². The highest BCUT2D eigenvalue weighted by molar-refractivity contribution is 5.56. The van der Waals surface area contributed by atoms with Gasteiger partial charge in [0.05, 0.1) is 0 Å². The molecule has 0 aliphatic heterocycles. The second-order valence-electron chi connectivity index (χ2n) is 8.46. The van der Waals surface area contributed by atoms with E-state index in [1.165, 1.54) is 19.1 Å². The van der Waals surface area contributed by atoms with E-state index in [1.54, 1.807) is 6.92 Å². The summed E-state index contributed by atoms with van der Waals surface area (Å²) in [7, 11) is 0. The summed E-state index contributed by atoms with van der Waals surface area (Å²) in [6.45, 7) is 8.67. The van der Waals surface area contributed by atoms with Gasteiger partial charge in [0, 0.05) is 5.92 Å². The number of rotatable bonds is 8. The molecule has 1 fully saturated rings. The Morgan fingerprint density at radius 3 is 2.62 bits per heavy atom. The van der Waals surface area contributed by atoms with E-state index in [-0.39, 0.29) is 18.8 Å². The number of hydrogen-bond donors (Lipinski definition) is 0. The lowest BCUT2D eigenvalue weighted by atomic mass is 9.65. The van der Waals surface area contributed by atoms with E-state index < -0.39 is 5.60 Å². The van der Waals surface area contributed by atoms with Crippen molar-refractivity contribution in [2.45, 2.75) is 85.7 Å². The third kappa shape index (κ3) is 4.28. The van der Waals surface area contributed by atoms with Gasteiger partial charge in [0.1, 0.15) is 11.9 Å². The highest BCUT2D eigenvalue weighted by Crippen LogP contribution is 2.54. The molecular formula is C21H37FO2. The Balaban J connectivity index is 0.00000288. The third-order valence-corrected chi connectivity index (χ3v) is 6.64. The molecule has 3 heteroatoms. The minimum Gasteiger partial charge on any atom is -0.303 e. The fraction of sp³-hybridized carbons (Fsp3) is 0.857. The molecular weight excluding hydrogens is 303 g/mol. The summed E-state index contributed by atoms with van der Waals surface area (Å²) in [4.78, 5) is 15.7. The lowest BCUT2D eigenvalue weighted by Gasteiger charge is -2.39. The van der Waals surface area contributed by atoms with E-state index in [0.29, 0.717) is 17.8 Å². The average Bonchev–Trinajstić information content (AvgIpc) is 3.06. The first-order valence-corrected chi connectivity index (χ1v) is 9.33.